The number of halogens is 1. The molecule has 0 aliphatic carbocycles. The zero-order chi connectivity index (χ0) is 24.8. The van der Waals surface area contributed by atoms with Crippen molar-refractivity contribution in [1.29, 1.82) is 0 Å². The lowest BCUT2D eigenvalue weighted by Gasteiger charge is -2.15. The summed E-state index contributed by atoms with van der Waals surface area (Å²) in [6.45, 7) is 3.74. The molecule has 1 aromatic heterocycles. The second-order valence-electron chi connectivity index (χ2n) is 8.62. The number of aliphatic carboxylic acids is 1. The molecular formula is C28H30ClN3O4. The maximum Gasteiger partial charge on any atom is 0.304 e. The van der Waals surface area contributed by atoms with E-state index in [0.717, 1.165) is 27.8 Å². The summed E-state index contributed by atoms with van der Waals surface area (Å²) in [6, 6.07) is 22.3. The lowest BCUT2D eigenvalue weighted by Crippen LogP contribution is -2.21. The second kappa shape index (κ2) is 12.4. The lowest BCUT2D eigenvalue weighted by molar-refractivity contribution is -0.137. The molecule has 0 spiro atoms. The highest BCUT2D eigenvalue weighted by Crippen LogP contribution is 2.31. The predicted molar refractivity (Wildman–Crippen MR) is 142 cm³/mol. The van der Waals surface area contributed by atoms with Gasteiger partial charge in [0.05, 0.1) is 13.0 Å². The van der Waals surface area contributed by atoms with Gasteiger partial charge < -0.3 is 19.3 Å². The number of hydrogen-bond acceptors (Lipinski definition) is 6. The molecule has 3 aromatic carbocycles. The Kier molecular flexibility index (Phi) is 9.36. The van der Waals surface area contributed by atoms with E-state index in [2.05, 4.69) is 35.3 Å². The van der Waals surface area contributed by atoms with Gasteiger partial charge in [-0.1, -0.05) is 59.8 Å². The first-order chi connectivity index (χ1) is 16.9. The van der Waals surface area contributed by atoms with Crippen LogP contribution in [0, 0.1) is 6.92 Å². The zero-order valence-electron chi connectivity index (χ0n) is 20.6. The number of hydrogen-bond donors (Lipinski definition) is 1. The Hall–Kier alpha value is -3.52. The molecular weight excluding hydrogens is 478 g/mol. The van der Waals surface area contributed by atoms with Gasteiger partial charge in [0.15, 0.2) is 0 Å². The van der Waals surface area contributed by atoms with Crippen molar-refractivity contribution < 1.29 is 19.2 Å². The van der Waals surface area contributed by atoms with Gasteiger partial charge in [0.25, 0.3) is 5.89 Å². The summed E-state index contributed by atoms with van der Waals surface area (Å²) in [4.78, 5) is 17.3. The molecule has 0 unspecified atom stereocenters. The lowest BCUT2D eigenvalue weighted by atomic mass is 9.94. The van der Waals surface area contributed by atoms with Crippen molar-refractivity contribution in [2.24, 2.45) is 0 Å². The molecule has 0 saturated heterocycles. The Morgan fingerprint density at radius 2 is 1.75 bits per heavy atom. The highest BCUT2D eigenvalue weighted by molar-refractivity contribution is 5.85. The minimum atomic E-state index is -0.792. The van der Waals surface area contributed by atoms with Crippen LogP contribution in [0.4, 0.5) is 0 Å². The Balaban J connectivity index is 0.00000361. The molecule has 0 fully saturated rings. The number of nitrogens with zero attached hydrogens (tertiary/aromatic N) is 3. The molecule has 4 rings (SSSR count). The van der Waals surface area contributed by atoms with Crippen molar-refractivity contribution >= 4 is 18.4 Å². The first-order valence-corrected chi connectivity index (χ1v) is 11.5. The fraction of sp³-hybridized carbons (Fsp3) is 0.250. The van der Waals surface area contributed by atoms with Gasteiger partial charge in [-0.15, -0.1) is 12.4 Å². The summed E-state index contributed by atoms with van der Waals surface area (Å²) in [7, 11) is 3.59. The fourth-order valence-electron chi connectivity index (χ4n) is 4.03. The Morgan fingerprint density at radius 1 is 1.03 bits per heavy atom. The third kappa shape index (κ3) is 6.57. The van der Waals surface area contributed by atoms with Gasteiger partial charge in [-0.05, 0) is 53.9 Å². The third-order valence-corrected chi connectivity index (χ3v) is 5.89. The highest BCUT2D eigenvalue weighted by atomic mass is 35.5. The van der Waals surface area contributed by atoms with Gasteiger partial charge in [-0.3, -0.25) is 4.79 Å². The second-order valence-corrected chi connectivity index (χ2v) is 8.62. The van der Waals surface area contributed by atoms with E-state index < -0.39 is 5.97 Å². The van der Waals surface area contributed by atoms with E-state index >= 15 is 0 Å². The maximum atomic E-state index is 10.8. The molecule has 0 aliphatic rings. The third-order valence-electron chi connectivity index (χ3n) is 5.89. The van der Waals surface area contributed by atoms with E-state index in [9.17, 15) is 4.79 Å². The van der Waals surface area contributed by atoms with E-state index in [0.29, 0.717) is 31.4 Å². The minimum Gasteiger partial charge on any atom is -0.481 e. The van der Waals surface area contributed by atoms with Gasteiger partial charge in [0.1, 0.15) is 0 Å². The largest absolute Gasteiger partial charge is 0.481 e. The Morgan fingerprint density at radius 3 is 2.44 bits per heavy atom. The summed E-state index contributed by atoms with van der Waals surface area (Å²) >= 11 is 0. The van der Waals surface area contributed by atoms with E-state index in [4.69, 9.17) is 14.4 Å². The summed E-state index contributed by atoms with van der Waals surface area (Å²) in [6.07, 6.45) is 0.123. The summed E-state index contributed by atoms with van der Waals surface area (Å²) in [5.41, 5.74) is 7.32. The average Bonchev–Trinajstić information content (AvgIpc) is 3.34. The van der Waals surface area contributed by atoms with Crippen LogP contribution in [-0.2, 0) is 22.7 Å². The van der Waals surface area contributed by atoms with Crippen molar-refractivity contribution in [3.05, 3.63) is 83.4 Å². The van der Waals surface area contributed by atoms with Crippen molar-refractivity contribution in [2.45, 2.75) is 26.5 Å². The standard InChI is InChI=1S/C28H29N3O4.ClH/c1-19-6-4-5-7-24(19)25-13-12-22(16-23(25)18-34-3)28-29-27(30-35-28)21-10-8-20(9-11-21)17-31(2)15-14-26(32)33;/h4-13,16H,14-15,17-18H2,1-3H3,(H,32,33);1H. The number of rotatable bonds is 10. The van der Waals surface area contributed by atoms with Crippen molar-refractivity contribution in [1.82, 2.24) is 15.0 Å². The average molecular weight is 508 g/mol. The minimum absolute atomic E-state index is 0. The van der Waals surface area contributed by atoms with Crippen LogP contribution < -0.4 is 0 Å². The number of methoxy groups -OCH3 is 1. The molecule has 0 bridgehead atoms. The summed E-state index contributed by atoms with van der Waals surface area (Å²) in [5.74, 6) is 0.174. The Labute approximate surface area is 217 Å². The molecule has 4 aromatic rings. The van der Waals surface area contributed by atoms with Gasteiger partial charge in [0.2, 0.25) is 5.82 Å². The molecule has 7 nitrogen and oxygen atoms in total. The summed E-state index contributed by atoms with van der Waals surface area (Å²) < 4.78 is 11.1. The molecule has 8 heteroatoms. The number of ether oxygens (including phenoxy) is 1. The monoisotopic (exact) mass is 507 g/mol. The topological polar surface area (TPSA) is 88.7 Å². The van der Waals surface area contributed by atoms with Crippen LogP contribution in [0.1, 0.15) is 23.1 Å². The Bertz CT molecular complexity index is 1300. The van der Waals surface area contributed by atoms with Crippen molar-refractivity contribution in [3.8, 4) is 34.0 Å². The number of aryl methyl sites for hydroxylation is 1. The molecule has 1 N–H and O–H groups in total. The van der Waals surface area contributed by atoms with Crippen molar-refractivity contribution in [2.75, 3.05) is 20.7 Å². The summed E-state index contributed by atoms with van der Waals surface area (Å²) in [5, 5.41) is 13.0. The van der Waals surface area contributed by atoms with E-state index in [-0.39, 0.29) is 18.8 Å². The quantitative estimate of drug-likeness (QED) is 0.288. The number of carboxylic acids is 1. The first-order valence-electron chi connectivity index (χ1n) is 11.5. The molecule has 0 radical (unpaired) electrons. The molecule has 0 amide bonds. The maximum absolute atomic E-state index is 10.8. The zero-order valence-corrected chi connectivity index (χ0v) is 21.4. The van der Waals surface area contributed by atoms with Gasteiger partial charge in [-0.2, -0.15) is 4.98 Å². The molecule has 0 aliphatic heterocycles. The smallest absolute Gasteiger partial charge is 0.304 e. The number of carbonyl (C=O) groups is 1. The molecule has 1 heterocycles. The van der Waals surface area contributed by atoms with E-state index in [1.54, 1.807) is 7.11 Å². The van der Waals surface area contributed by atoms with E-state index in [1.807, 2.05) is 60.5 Å². The van der Waals surface area contributed by atoms with Crippen LogP contribution >= 0.6 is 12.4 Å². The van der Waals surface area contributed by atoms with E-state index in [1.165, 1.54) is 11.1 Å². The number of carboxylic acid groups (broad SMARTS) is 1. The fourth-order valence-corrected chi connectivity index (χ4v) is 4.03. The first kappa shape index (κ1) is 27.1. The molecule has 0 saturated carbocycles. The molecule has 0 atom stereocenters. The van der Waals surface area contributed by atoms with Crippen LogP contribution in [0.15, 0.2) is 71.3 Å². The SMILES string of the molecule is COCc1cc(-c2nc(-c3ccc(CN(C)CCC(=O)O)cc3)no2)ccc1-c1ccccc1C.Cl. The van der Waals surface area contributed by atoms with Crippen molar-refractivity contribution in [3.63, 3.8) is 0 Å². The van der Waals surface area contributed by atoms with Crippen LogP contribution in [0.25, 0.3) is 34.0 Å². The van der Waals surface area contributed by atoms with Gasteiger partial charge in [0, 0.05) is 31.3 Å². The van der Waals surface area contributed by atoms with Crippen LogP contribution in [-0.4, -0.2) is 46.8 Å². The molecule has 188 valence electrons. The molecule has 36 heavy (non-hydrogen) atoms. The van der Waals surface area contributed by atoms with Gasteiger partial charge >= 0.3 is 5.97 Å². The number of benzene rings is 3. The van der Waals surface area contributed by atoms with Crippen LogP contribution in [0.5, 0.6) is 0 Å². The van der Waals surface area contributed by atoms with Gasteiger partial charge in [-0.25, -0.2) is 0 Å². The van der Waals surface area contributed by atoms with Crippen LogP contribution in [0.3, 0.4) is 0 Å². The predicted octanol–water partition coefficient (Wildman–Crippen LogP) is 5.85. The number of aromatic nitrogens is 2. The van der Waals surface area contributed by atoms with Crippen LogP contribution in [0.2, 0.25) is 0 Å². The highest BCUT2D eigenvalue weighted by Gasteiger charge is 2.15. The normalized spacial score (nSPS) is 10.9.